The molecule has 0 aliphatic heterocycles. The minimum absolute atomic E-state index is 0.0590. The second kappa shape index (κ2) is 4.78. The molecule has 100 valence electrons. The molecule has 1 aliphatic rings. The molecular formula is C15H23NOS. The molecule has 2 rings (SSSR count). The Kier molecular flexibility index (Phi) is 3.65. The largest absolute Gasteiger partial charge is 0.508 e. The fourth-order valence-electron chi connectivity index (χ4n) is 3.48. The monoisotopic (exact) mass is 265 g/mol. The van der Waals surface area contributed by atoms with Gasteiger partial charge in [0.1, 0.15) is 5.75 Å². The van der Waals surface area contributed by atoms with Crippen LogP contribution in [0.2, 0.25) is 0 Å². The van der Waals surface area contributed by atoms with Crippen LogP contribution in [0, 0.1) is 0 Å². The Labute approximate surface area is 114 Å². The summed E-state index contributed by atoms with van der Waals surface area (Å²) in [6.07, 6.45) is 3.28. The summed E-state index contributed by atoms with van der Waals surface area (Å²) in [7, 11) is 4.31. The van der Waals surface area contributed by atoms with E-state index in [4.69, 9.17) is 0 Å². The minimum atomic E-state index is 0.0590. The van der Waals surface area contributed by atoms with Crippen molar-refractivity contribution in [2.75, 3.05) is 20.4 Å². The molecule has 0 amide bonds. The lowest BCUT2D eigenvalue weighted by Crippen LogP contribution is -2.54. The van der Waals surface area contributed by atoms with Crippen LogP contribution in [0.1, 0.15) is 25.0 Å². The standard InChI is InChI=1S/C15H23NOS/c1-15(2)12-9-11(17)7-6-10(12)8-13(18-5)14(15)16(3)4/h6-7,9,13-14,17H,8H2,1-5H3/t13-,14+/m1/s1. The highest BCUT2D eigenvalue weighted by Gasteiger charge is 2.43. The van der Waals surface area contributed by atoms with Crippen molar-refractivity contribution in [2.24, 2.45) is 0 Å². The third kappa shape index (κ3) is 2.14. The summed E-state index contributed by atoms with van der Waals surface area (Å²) in [5.41, 5.74) is 2.74. The number of phenols is 1. The van der Waals surface area contributed by atoms with E-state index in [0.29, 0.717) is 17.0 Å². The van der Waals surface area contributed by atoms with Crippen molar-refractivity contribution in [3.8, 4) is 5.75 Å². The van der Waals surface area contributed by atoms with Crippen molar-refractivity contribution >= 4 is 11.8 Å². The van der Waals surface area contributed by atoms with Gasteiger partial charge in [-0.3, -0.25) is 0 Å². The summed E-state index contributed by atoms with van der Waals surface area (Å²) in [4.78, 5) is 2.33. The zero-order valence-corrected chi connectivity index (χ0v) is 12.7. The third-order valence-corrected chi connectivity index (χ3v) is 5.19. The highest BCUT2D eigenvalue weighted by Crippen LogP contribution is 2.43. The Bertz CT molecular complexity index is 442. The number of nitrogens with zero attached hydrogens (tertiary/aromatic N) is 1. The summed E-state index contributed by atoms with van der Waals surface area (Å²) in [5.74, 6) is 0.377. The Balaban J connectivity index is 2.54. The lowest BCUT2D eigenvalue weighted by molar-refractivity contribution is 0.182. The van der Waals surface area contributed by atoms with Gasteiger partial charge in [0.05, 0.1) is 0 Å². The molecule has 0 saturated heterocycles. The number of rotatable bonds is 2. The van der Waals surface area contributed by atoms with E-state index in [9.17, 15) is 5.11 Å². The van der Waals surface area contributed by atoms with Crippen LogP contribution in [0.25, 0.3) is 0 Å². The number of thioether (sulfide) groups is 1. The van der Waals surface area contributed by atoms with Gasteiger partial charge in [-0.15, -0.1) is 0 Å². The molecule has 2 nitrogen and oxygen atoms in total. The molecule has 18 heavy (non-hydrogen) atoms. The molecule has 1 aromatic rings. The molecule has 1 N–H and O–H groups in total. The Hall–Kier alpha value is -0.670. The topological polar surface area (TPSA) is 23.5 Å². The van der Waals surface area contributed by atoms with Crippen LogP contribution in [0.3, 0.4) is 0 Å². The second-order valence-corrected chi connectivity index (χ2v) is 7.03. The van der Waals surface area contributed by atoms with Crippen molar-refractivity contribution in [3.05, 3.63) is 29.3 Å². The third-order valence-electron chi connectivity index (χ3n) is 4.16. The fourth-order valence-corrected chi connectivity index (χ4v) is 4.67. The SMILES string of the molecule is CS[C@@H]1Cc2ccc(O)cc2C(C)(C)[C@H]1N(C)C. The lowest BCUT2D eigenvalue weighted by atomic mass is 9.68. The van der Waals surface area contributed by atoms with Crippen molar-refractivity contribution in [1.82, 2.24) is 4.90 Å². The molecule has 0 fully saturated rings. The first kappa shape index (κ1) is 13.8. The number of likely N-dealkylation sites (N-methyl/N-ethyl adjacent to an activating group) is 1. The van der Waals surface area contributed by atoms with Crippen LogP contribution in [0.15, 0.2) is 18.2 Å². The summed E-state index contributed by atoms with van der Waals surface area (Å²) in [6, 6.07) is 6.33. The predicted octanol–water partition coefficient (Wildman–Crippen LogP) is 2.89. The lowest BCUT2D eigenvalue weighted by Gasteiger charge is -2.48. The molecule has 0 saturated carbocycles. The zero-order chi connectivity index (χ0) is 13.5. The van der Waals surface area contributed by atoms with Crippen LogP contribution in [0.5, 0.6) is 5.75 Å². The quantitative estimate of drug-likeness (QED) is 0.889. The zero-order valence-electron chi connectivity index (χ0n) is 11.9. The highest BCUT2D eigenvalue weighted by molar-refractivity contribution is 7.99. The first-order chi connectivity index (χ1) is 8.37. The second-order valence-electron chi connectivity index (χ2n) is 5.95. The van der Waals surface area contributed by atoms with Crippen LogP contribution in [-0.2, 0) is 11.8 Å². The summed E-state index contributed by atoms with van der Waals surface area (Å²) >= 11 is 1.95. The fraction of sp³-hybridized carbons (Fsp3) is 0.600. The average molecular weight is 265 g/mol. The van der Waals surface area contributed by atoms with Gasteiger partial charge in [-0.1, -0.05) is 19.9 Å². The molecule has 0 radical (unpaired) electrons. The van der Waals surface area contributed by atoms with Gasteiger partial charge in [0.2, 0.25) is 0 Å². The maximum Gasteiger partial charge on any atom is 0.115 e. The van der Waals surface area contributed by atoms with Crippen LogP contribution >= 0.6 is 11.8 Å². The summed E-state index contributed by atoms with van der Waals surface area (Å²) < 4.78 is 0. The molecule has 0 aromatic heterocycles. The first-order valence-corrected chi connectivity index (χ1v) is 7.68. The van der Waals surface area contributed by atoms with Gasteiger partial charge < -0.3 is 10.0 Å². The summed E-state index contributed by atoms with van der Waals surface area (Å²) in [5, 5.41) is 10.4. The van der Waals surface area contributed by atoms with Crippen LogP contribution in [-0.4, -0.2) is 41.6 Å². The van der Waals surface area contributed by atoms with Gasteiger partial charge in [-0.2, -0.15) is 11.8 Å². The molecule has 0 unspecified atom stereocenters. The molecule has 0 heterocycles. The van der Waals surface area contributed by atoms with E-state index in [2.05, 4.69) is 45.2 Å². The first-order valence-electron chi connectivity index (χ1n) is 6.39. The van der Waals surface area contributed by atoms with Gasteiger partial charge in [-0.25, -0.2) is 0 Å². The van der Waals surface area contributed by atoms with Gasteiger partial charge >= 0.3 is 0 Å². The number of fused-ring (bicyclic) bond motifs is 1. The normalized spacial score (nSPS) is 26.1. The van der Waals surface area contributed by atoms with E-state index in [0.717, 1.165) is 6.42 Å². The Morgan fingerprint density at radius 3 is 2.56 bits per heavy atom. The number of aromatic hydroxyl groups is 1. The maximum atomic E-state index is 9.75. The van der Waals surface area contributed by atoms with E-state index >= 15 is 0 Å². The average Bonchev–Trinajstić information content (AvgIpc) is 2.28. The van der Waals surface area contributed by atoms with Crippen LogP contribution < -0.4 is 0 Å². The van der Waals surface area contributed by atoms with Crippen molar-refractivity contribution in [2.45, 2.75) is 37.0 Å². The number of benzene rings is 1. The van der Waals surface area contributed by atoms with E-state index in [1.807, 2.05) is 23.9 Å². The molecule has 1 aromatic carbocycles. The van der Waals surface area contributed by atoms with E-state index in [-0.39, 0.29) is 5.41 Å². The molecule has 0 bridgehead atoms. The van der Waals surface area contributed by atoms with E-state index in [1.54, 1.807) is 0 Å². The van der Waals surface area contributed by atoms with E-state index in [1.165, 1.54) is 11.1 Å². The van der Waals surface area contributed by atoms with Crippen molar-refractivity contribution < 1.29 is 5.11 Å². The molecule has 3 heteroatoms. The van der Waals surface area contributed by atoms with Gasteiger partial charge in [0.25, 0.3) is 0 Å². The van der Waals surface area contributed by atoms with Crippen molar-refractivity contribution in [1.29, 1.82) is 0 Å². The maximum absolute atomic E-state index is 9.75. The predicted molar refractivity (Wildman–Crippen MR) is 79.6 cm³/mol. The molecule has 1 aliphatic carbocycles. The minimum Gasteiger partial charge on any atom is -0.508 e. The number of hydrogen-bond donors (Lipinski definition) is 1. The Morgan fingerprint density at radius 1 is 1.33 bits per heavy atom. The van der Waals surface area contributed by atoms with Gasteiger partial charge in [0.15, 0.2) is 0 Å². The van der Waals surface area contributed by atoms with Gasteiger partial charge in [-0.05, 0) is 50.0 Å². The van der Waals surface area contributed by atoms with E-state index < -0.39 is 0 Å². The Morgan fingerprint density at radius 2 is 2.00 bits per heavy atom. The number of phenolic OH excluding ortho intramolecular Hbond substituents is 1. The highest BCUT2D eigenvalue weighted by atomic mass is 32.2. The van der Waals surface area contributed by atoms with Crippen LogP contribution in [0.4, 0.5) is 0 Å². The summed E-state index contributed by atoms with van der Waals surface area (Å²) in [6.45, 7) is 4.58. The van der Waals surface area contributed by atoms with Crippen molar-refractivity contribution in [3.63, 3.8) is 0 Å². The molecule has 0 spiro atoms. The molecule has 2 atom stereocenters. The molecular weight excluding hydrogens is 242 g/mol. The van der Waals surface area contributed by atoms with Gasteiger partial charge in [0, 0.05) is 16.7 Å². The smallest absolute Gasteiger partial charge is 0.115 e. The number of hydrogen-bond acceptors (Lipinski definition) is 3.